The van der Waals surface area contributed by atoms with E-state index >= 15 is 0 Å². The number of rotatable bonds is 8. The molecule has 0 spiro atoms. The van der Waals surface area contributed by atoms with E-state index in [9.17, 15) is 4.79 Å². The molecule has 2 heterocycles. The first-order chi connectivity index (χ1) is 12.2. The monoisotopic (exact) mass is 375 g/mol. The van der Waals surface area contributed by atoms with Crippen molar-refractivity contribution in [3.05, 3.63) is 46.7 Å². The predicted molar refractivity (Wildman–Crippen MR) is 98.2 cm³/mol. The summed E-state index contributed by atoms with van der Waals surface area (Å²) >= 11 is 2.95. The number of thioether (sulfide) groups is 1. The van der Waals surface area contributed by atoms with Gasteiger partial charge in [0.25, 0.3) is 0 Å². The number of ether oxygens (including phenoxy) is 1. The molecule has 130 valence electrons. The maximum absolute atomic E-state index is 12.1. The fourth-order valence-corrected chi connectivity index (χ4v) is 3.44. The lowest BCUT2D eigenvalue weighted by Gasteiger charge is -2.07. The summed E-state index contributed by atoms with van der Waals surface area (Å²) in [5, 5.41) is 17.1. The molecule has 0 bridgehead atoms. The second-order valence-corrected chi connectivity index (χ2v) is 6.97. The number of carbonyl (C=O) groups is 1. The fourth-order valence-electron chi connectivity index (χ4n) is 2.08. The Morgan fingerprint density at radius 2 is 2.16 bits per heavy atom. The first kappa shape index (κ1) is 17.4. The second-order valence-electron chi connectivity index (χ2n) is 4.99. The van der Waals surface area contributed by atoms with E-state index in [1.165, 1.54) is 11.8 Å². The number of tetrazole rings is 1. The number of amides is 1. The van der Waals surface area contributed by atoms with Gasteiger partial charge in [-0.1, -0.05) is 17.8 Å². The molecule has 0 unspecified atom stereocenters. The van der Waals surface area contributed by atoms with E-state index in [1.807, 2.05) is 48.7 Å². The van der Waals surface area contributed by atoms with Crippen molar-refractivity contribution in [3.8, 4) is 5.75 Å². The van der Waals surface area contributed by atoms with Crippen molar-refractivity contribution in [1.82, 2.24) is 20.2 Å². The van der Waals surface area contributed by atoms with E-state index in [0.717, 1.165) is 16.3 Å². The molecule has 3 aromatic rings. The van der Waals surface area contributed by atoms with Crippen molar-refractivity contribution in [1.29, 1.82) is 0 Å². The van der Waals surface area contributed by atoms with Crippen LogP contribution in [0.4, 0.5) is 5.69 Å². The van der Waals surface area contributed by atoms with Crippen LogP contribution >= 0.6 is 23.1 Å². The van der Waals surface area contributed by atoms with Gasteiger partial charge in [-0.15, -0.1) is 16.4 Å². The molecule has 1 amide bonds. The molecular weight excluding hydrogens is 358 g/mol. The van der Waals surface area contributed by atoms with Crippen LogP contribution in [0.25, 0.3) is 0 Å². The number of aromatic nitrogens is 4. The third-order valence-electron chi connectivity index (χ3n) is 3.17. The number of anilines is 1. The van der Waals surface area contributed by atoms with Gasteiger partial charge in [0, 0.05) is 10.6 Å². The quantitative estimate of drug-likeness (QED) is 0.610. The van der Waals surface area contributed by atoms with Crippen LogP contribution in [0.5, 0.6) is 5.75 Å². The zero-order valence-corrected chi connectivity index (χ0v) is 15.2. The number of thiophene rings is 1. The molecule has 0 radical (unpaired) electrons. The van der Waals surface area contributed by atoms with E-state index in [4.69, 9.17) is 4.74 Å². The summed E-state index contributed by atoms with van der Waals surface area (Å²) in [4.78, 5) is 13.3. The molecule has 0 aliphatic carbocycles. The molecule has 1 aromatic carbocycles. The number of nitrogens with one attached hydrogen (secondary N) is 1. The summed E-state index contributed by atoms with van der Waals surface area (Å²) in [5.41, 5.74) is 0.729. The van der Waals surface area contributed by atoms with Crippen LogP contribution < -0.4 is 10.1 Å². The molecule has 7 nitrogen and oxygen atoms in total. The van der Waals surface area contributed by atoms with Gasteiger partial charge in [-0.3, -0.25) is 4.79 Å². The van der Waals surface area contributed by atoms with Crippen LogP contribution in [-0.2, 0) is 11.3 Å². The van der Waals surface area contributed by atoms with Crippen LogP contribution in [0, 0.1) is 0 Å². The number of nitrogens with zero attached hydrogens (tertiary/aromatic N) is 4. The topological polar surface area (TPSA) is 81.9 Å². The number of hydrogen-bond donors (Lipinski definition) is 1. The van der Waals surface area contributed by atoms with Gasteiger partial charge in [0.05, 0.1) is 18.9 Å². The highest BCUT2D eigenvalue weighted by Gasteiger charge is 2.11. The van der Waals surface area contributed by atoms with E-state index < -0.39 is 0 Å². The van der Waals surface area contributed by atoms with Gasteiger partial charge in [-0.25, -0.2) is 4.68 Å². The van der Waals surface area contributed by atoms with Crippen molar-refractivity contribution < 1.29 is 9.53 Å². The zero-order chi connectivity index (χ0) is 17.5. The maximum atomic E-state index is 12.1. The summed E-state index contributed by atoms with van der Waals surface area (Å²) in [6.07, 6.45) is 0. The number of benzene rings is 1. The highest BCUT2D eigenvalue weighted by molar-refractivity contribution is 7.99. The van der Waals surface area contributed by atoms with E-state index in [2.05, 4.69) is 20.8 Å². The molecule has 3 rings (SSSR count). The van der Waals surface area contributed by atoms with E-state index in [1.54, 1.807) is 16.0 Å². The first-order valence-electron chi connectivity index (χ1n) is 7.68. The summed E-state index contributed by atoms with van der Waals surface area (Å²) < 4.78 is 7.07. The lowest BCUT2D eigenvalue weighted by atomic mass is 10.3. The highest BCUT2D eigenvalue weighted by atomic mass is 32.2. The lowest BCUT2D eigenvalue weighted by molar-refractivity contribution is -0.113. The van der Waals surface area contributed by atoms with Gasteiger partial charge in [0.1, 0.15) is 5.75 Å². The first-order valence-corrected chi connectivity index (χ1v) is 9.55. The minimum atomic E-state index is -0.111. The Morgan fingerprint density at radius 3 is 2.88 bits per heavy atom. The Hall–Kier alpha value is -2.39. The smallest absolute Gasteiger partial charge is 0.234 e. The van der Waals surface area contributed by atoms with Crippen molar-refractivity contribution in [2.24, 2.45) is 0 Å². The van der Waals surface area contributed by atoms with Crippen molar-refractivity contribution in [3.63, 3.8) is 0 Å². The van der Waals surface area contributed by atoms with Crippen molar-refractivity contribution in [2.75, 3.05) is 17.7 Å². The average molecular weight is 375 g/mol. The molecule has 0 atom stereocenters. The third kappa shape index (κ3) is 5.04. The molecule has 9 heteroatoms. The summed E-state index contributed by atoms with van der Waals surface area (Å²) in [5.74, 6) is 0.903. The van der Waals surface area contributed by atoms with Crippen LogP contribution in [0.2, 0.25) is 0 Å². The largest absolute Gasteiger partial charge is 0.494 e. The SMILES string of the molecule is CCOc1ccc(NC(=O)CSc2nnnn2Cc2cccs2)cc1. The Bertz CT molecular complexity index is 802. The standard InChI is InChI=1S/C16H17N5O2S2/c1-2-23-13-7-5-12(6-8-13)17-15(22)11-25-16-18-19-20-21(16)10-14-4-3-9-24-14/h3-9H,2,10-11H2,1H3,(H,17,22). The van der Waals surface area contributed by atoms with Crippen LogP contribution in [0.15, 0.2) is 46.9 Å². The van der Waals surface area contributed by atoms with E-state index in [0.29, 0.717) is 18.3 Å². The molecule has 0 fully saturated rings. The summed E-state index contributed by atoms with van der Waals surface area (Å²) in [6, 6.07) is 11.3. The van der Waals surface area contributed by atoms with Gasteiger partial charge in [-0.05, 0) is 53.1 Å². The molecule has 0 saturated heterocycles. The molecule has 1 N–H and O–H groups in total. The average Bonchev–Trinajstić information content (AvgIpc) is 3.27. The minimum Gasteiger partial charge on any atom is -0.494 e. The normalized spacial score (nSPS) is 10.6. The lowest BCUT2D eigenvalue weighted by Crippen LogP contribution is -2.14. The second kappa shape index (κ2) is 8.63. The minimum absolute atomic E-state index is 0.111. The van der Waals surface area contributed by atoms with Crippen LogP contribution in [0.1, 0.15) is 11.8 Å². The Labute approximate surface area is 153 Å². The maximum Gasteiger partial charge on any atom is 0.234 e. The van der Waals surface area contributed by atoms with Gasteiger partial charge < -0.3 is 10.1 Å². The predicted octanol–water partition coefficient (Wildman–Crippen LogP) is 2.91. The van der Waals surface area contributed by atoms with Crippen molar-refractivity contribution in [2.45, 2.75) is 18.6 Å². The Balaban J connectivity index is 1.51. The highest BCUT2D eigenvalue weighted by Crippen LogP contribution is 2.19. The van der Waals surface area contributed by atoms with Gasteiger partial charge in [0.15, 0.2) is 0 Å². The molecule has 0 aliphatic heterocycles. The summed E-state index contributed by atoms with van der Waals surface area (Å²) in [6.45, 7) is 3.15. The molecule has 0 saturated carbocycles. The van der Waals surface area contributed by atoms with Crippen LogP contribution in [0.3, 0.4) is 0 Å². The number of hydrogen-bond acceptors (Lipinski definition) is 7. The summed E-state index contributed by atoms with van der Waals surface area (Å²) in [7, 11) is 0. The van der Waals surface area contributed by atoms with Crippen LogP contribution in [-0.4, -0.2) is 38.5 Å². The molecule has 25 heavy (non-hydrogen) atoms. The Morgan fingerprint density at radius 1 is 1.32 bits per heavy atom. The zero-order valence-electron chi connectivity index (χ0n) is 13.6. The van der Waals surface area contributed by atoms with Gasteiger partial charge >= 0.3 is 0 Å². The molecule has 2 aromatic heterocycles. The third-order valence-corrected chi connectivity index (χ3v) is 4.98. The Kier molecular flexibility index (Phi) is 6.02. The fraction of sp³-hybridized carbons (Fsp3) is 0.250. The van der Waals surface area contributed by atoms with Gasteiger partial charge in [0.2, 0.25) is 11.1 Å². The van der Waals surface area contributed by atoms with E-state index in [-0.39, 0.29) is 11.7 Å². The number of carbonyl (C=O) groups excluding carboxylic acids is 1. The van der Waals surface area contributed by atoms with Crippen molar-refractivity contribution >= 4 is 34.7 Å². The molecular formula is C16H17N5O2S2. The molecule has 0 aliphatic rings. The van der Waals surface area contributed by atoms with Gasteiger partial charge in [-0.2, -0.15) is 0 Å².